The van der Waals surface area contributed by atoms with Gasteiger partial charge in [0, 0.05) is 44.7 Å². The Morgan fingerprint density at radius 3 is 2.68 bits per heavy atom. The summed E-state index contributed by atoms with van der Waals surface area (Å²) in [6.45, 7) is 3.30. The molecule has 0 bridgehead atoms. The Balaban J connectivity index is 1.16. The van der Waals surface area contributed by atoms with E-state index in [1.54, 1.807) is 11.7 Å². The lowest BCUT2D eigenvalue weighted by Crippen LogP contribution is -2.51. The fraction of sp³-hybridized carbons (Fsp3) is 0.423. The monoisotopic (exact) mass is 461 g/mol. The van der Waals surface area contributed by atoms with Gasteiger partial charge in [-0.2, -0.15) is 5.10 Å². The maximum Gasteiger partial charge on any atom is 0.270 e. The number of ether oxygens (including phenoxy) is 1. The predicted octanol–water partition coefficient (Wildman–Crippen LogP) is 2.20. The summed E-state index contributed by atoms with van der Waals surface area (Å²) >= 11 is 0. The Morgan fingerprint density at radius 1 is 1.12 bits per heavy atom. The first-order chi connectivity index (χ1) is 16.6. The molecule has 1 aliphatic carbocycles. The molecule has 1 saturated carbocycles. The average Bonchev–Trinajstić information content (AvgIpc) is 3.63. The van der Waals surface area contributed by atoms with Crippen molar-refractivity contribution >= 4 is 22.7 Å². The van der Waals surface area contributed by atoms with Crippen molar-refractivity contribution in [3.63, 3.8) is 0 Å². The van der Waals surface area contributed by atoms with Crippen LogP contribution in [0.2, 0.25) is 0 Å². The number of nitrogens with zero attached hydrogens (tertiary/aromatic N) is 4. The van der Waals surface area contributed by atoms with Crippen LogP contribution in [-0.2, 0) is 23.1 Å². The van der Waals surface area contributed by atoms with Crippen molar-refractivity contribution in [2.24, 2.45) is 7.05 Å². The molecule has 1 saturated heterocycles. The highest BCUT2D eigenvalue weighted by atomic mass is 16.5. The average molecular weight is 462 g/mol. The minimum absolute atomic E-state index is 0.159. The molecule has 2 aromatic carbocycles. The molecule has 178 valence electrons. The number of hydrogen-bond acceptors (Lipinski definition) is 5. The van der Waals surface area contributed by atoms with E-state index >= 15 is 0 Å². The number of fused-ring (bicyclic) bond motifs is 1. The summed E-state index contributed by atoms with van der Waals surface area (Å²) in [6, 6.07) is 18.1. The van der Waals surface area contributed by atoms with Gasteiger partial charge in [-0.25, -0.2) is 0 Å². The fourth-order valence-electron chi connectivity index (χ4n) is 4.62. The summed E-state index contributed by atoms with van der Waals surface area (Å²) < 4.78 is 7.50. The van der Waals surface area contributed by atoms with E-state index in [1.165, 1.54) is 0 Å². The number of hydrogen-bond donors (Lipinski definition) is 1. The van der Waals surface area contributed by atoms with Gasteiger partial charge in [0.25, 0.3) is 5.91 Å². The number of benzene rings is 2. The van der Waals surface area contributed by atoms with Crippen LogP contribution in [0.15, 0.2) is 54.6 Å². The quantitative estimate of drug-likeness (QED) is 0.556. The normalized spacial score (nSPS) is 18.7. The highest BCUT2D eigenvalue weighted by Crippen LogP contribution is 2.28. The summed E-state index contributed by atoms with van der Waals surface area (Å²) in [4.78, 5) is 30.2. The Morgan fingerprint density at radius 2 is 1.88 bits per heavy atom. The largest absolute Gasteiger partial charge is 0.374 e. The molecule has 3 aromatic rings. The third kappa shape index (κ3) is 5.13. The van der Waals surface area contributed by atoms with Crippen molar-refractivity contribution in [2.45, 2.75) is 31.5 Å². The number of aryl methyl sites for hydroxylation is 1. The van der Waals surface area contributed by atoms with Crippen molar-refractivity contribution in [3.8, 4) is 0 Å². The smallest absolute Gasteiger partial charge is 0.270 e. The lowest BCUT2D eigenvalue weighted by atomic mass is 10.2. The molecule has 1 atom stereocenters. The lowest BCUT2D eigenvalue weighted by molar-refractivity contribution is -0.135. The van der Waals surface area contributed by atoms with E-state index in [0.717, 1.165) is 29.3 Å². The summed E-state index contributed by atoms with van der Waals surface area (Å²) in [7, 11) is 1.78. The topological polar surface area (TPSA) is 79.7 Å². The van der Waals surface area contributed by atoms with Crippen LogP contribution in [-0.4, -0.2) is 76.3 Å². The van der Waals surface area contributed by atoms with E-state index in [4.69, 9.17) is 4.74 Å². The molecule has 2 fully saturated rings. The maximum absolute atomic E-state index is 13.2. The van der Waals surface area contributed by atoms with Crippen molar-refractivity contribution < 1.29 is 14.3 Å². The van der Waals surface area contributed by atoms with E-state index in [0.29, 0.717) is 51.1 Å². The highest BCUT2D eigenvalue weighted by molar-refractivity contribution is 6.04. The van der Waals surface area contributed by atoms with E-state index in [2.05, 4.69) is 27.4 Å². The lowest BCUT2D eigenvalue weighted by Gasteiger charge is -2.34. The summed E-state index contributed by atoms with van der Waals surface area (Å²) in [5.74, 6) is -0.00633. The van der Waals surface area contributed by atoms with E-state index in [1.807, 2.05) is 47.4 Å². The molecule has 5 rings (SSSR count). The third-order valence-electron chi connectivity index (χ3n) is 6.53. The zero-order chi connectivity index (χ0) is 23.5. The van der Waals surface area contributed by atoms with Gasteiger partial charge in [-0.15, -0.1) is 0 Å². The number of amides is 2. The molecule has 1 aliphatic heterocycles. The van der Waals surface area contributed by atoms with Crippen LogP contribution < -0.4 is 5.32 Å². The van der Waals surface area contributed by atoms with Gasteiger partial charge >= 0.3 is 0 Å². The van der Waals surface area contributed by atoms with Crippen LogP contribution in [0.25, 0.3) is 10.9 Å². The molecule has 1 unspecified atom stereocenters. The SMILES string of the molecule is Cn1nc2ccccc2c1C(=O)NCC1CN(CC(=O)N(Cc2ccccc2)C2CC2)CCO1. The van der Waals surface area contributed by atoms with Crippen molar-refractivity contribution in [1.82, 2.24) is 24.9 Å². The van der Waals surface area contributed by atoms with Crippen LogP contribution in [0.4, 0.5) is 0 Å². The molecule has 0 spiro atoms. The zero-order valence-corrected chi connectivity index (χ0v) is 19.5. The van der Waals surface area contributed by atoms with Gasteiger partial charge in [-0.1, -0.05) is 48.5 Å². The van der Waals surface area contributed by atoms with E-state index in [-0.39, 0.29) is 17.9 Å². The zero-order valence-electron chi connectivity index (χ0n) is 19.5. The van der Waals surface area contributed by atoms with Gasteiger partial charge in [-0.3, -0.25) is 19.2 Å². The first-order valence-electron chi connectivity index (χ1n) is 12.0. The first kappa shape index (κ1) is 22.6. The first-order valence-corrected chi connectivity index (χ1v) is 12.0. The highest BCUT2D eigenvalue weighted by Gasteiger charge is 2.34. The van der Waals surface area contributed by atoms with E-state index < -0.39 is 0 Å². The molecule has 8 heteroatoms. The molecule has 0 radical (unpaired) electrons. The van der Waals surface area contributed by atoms with Crippen molar-refractivity contribution in [3.05, 3.63) is 65.9 Å². The molecule has 34 heavy (non-hydrogen) atoms. The molecule has 2 heterocycles. The van der Waals surface area contributed by atoms with Crippen LogP contribution >= 0.6 is 0 Å². The third-order valence-corrected chi connectivity index (χ3v) is 6.53. The molecule has 2 amide bonds. The molecule has 2 aliphatic rings. The molecule has 1 N–H and O–H groups in total. The fourth-order valence-corrected chi connectivity index (χ4v) is 4.62. The standard InChI is InChI=1S/C26H31N5O3/c1-29-25(22-9-5-6-10-23(22)28-29)26(33)27-15-21-17-30(13-14-34-21)18-24(32)31(20-11-12-20)16-19-7-3-2-4-8-19/h2-10,20-21H,11-18H2,1H3,(H,27,33). The second-order valence-electron chi connectivity index (χ2n) is 9.17. The molecule has 1 aromatic heterocycles. The van der Waals surface area contributed by atoms with Crippen LogP contribution in [0, 0.1) is 0 Å². The Hall–Kier alpha value is -3.23. The van der Waals surface area contributed by atoms with Gasteiger partial charge < -0.3 is 15.0 Å². The number of aromatic nitrogens is 2. The van der Waals surface area contributed by atoms with Crippen LogP contribution in [0.3, 0.4) is 0 Å². The Kier molecular flexibility index (Phi) is 6.60. The van der Waals surface area contributed by atoms with Gasteiger partial charge in [-0.05, 0) is 24.5 Å². The second-order valence-corrected chi connectivity index (χ2v) is 9.17. The molecular formula is C26H31N5O3. The molecule has 8 nitrogen and oxygen atoms in total. The van der Waals surface area contributed by atoms with Crippen LogP contribution in [0.5, 0.6) is 0 Å². The maximum atomic E-state index is 13.2. The van der Waals surface area contributed by atoms with E-state index in [9.17, 15) is 9.59 Å². The van der Waals surface area contributed by atoms with Gasteiger partial charge in [0.2, 0.25) is 5.91 Å². The summed E-state index contributed by atoms with van der Waals surface area (Å²) in [5.41, 5.74) is 2.50. The Labute approximate surface area is 199 Å². The van der Waals surface area contributed by atoms with Crippen molar-refractivity contribution in [1.29, 1.82) is 0 Å². The summed E-state index contributed by atoms with van der Waals surface area (Å²) in [6.07, 6.45) is 2.01. The summed E-state index contributed by atoms with van der Waals surface area (Å²) in [5, 5.41) is 8.24. The number of carbonyl (C=O) groups excluding carboxylic acids is 2. The van der Waals surface area contributed by atoms with Crippen LogP contribution in [0.1, 0.15) is 28.9 Å². The number of carbonyl (C=O) groups is 2. The van der Waals surface area contributed by atoms with Gasteiger partial charge in [0.15, 0.2) is 0 Å². The predicted molar refractivity (Wildman–Crippen MR) is 129 cm³/mol. The van der Waals surface area contributed by atoms with Gasteiger partial charge in [0.05, 0.1) is 24.8 Å². The Bertz CT molecular complexity index is 1160. The minimum Gasteiger partial charge on any atom is -0.374 e. The number of morpholine rings is 1. The number of nitrogens with one attached hydrogen (secondary N) is 1. The van der Waals surface area contributed by atoms with Gasteiger partial charge in [0.1, 0.15) is 5.69 Å². The minimum atomic E-state index is -0.171. The number of rotatable bonds is 8. The molecular weight excluding hydrogens is 430 g/mol. The second kappa shape index (κ2) is 9.95. The van der Waals surface area contributed by atoms with Crippen molar-refractivity contribution in [2.75, 3.05) is 32.8 Å².